The van der Waals surface area contributed by atoms with Gasteiger partial charge in [0.05, 0.1) is 0 Å². The van der Waals surface area contributed by atoms with Crippen molar-refractivity contribution in [1.82, 2.24) is 0 Å². The molecular formula is C21H22O. The monoisotopic (exact) mass is 290 g/mol. The van der Waals surface area contributed by atoms with Crippen molar-refractivity contribution in [3.63, 3.8) is 0 Å². The van der Waals surface area contributed by atoms with Crippen LogP contribution in [0.4, 0.5) is 0 Å². The highest BCUT2D eigenvalue weighted by molar-refractivity contribution is 5.87. The summed E-state index contributed by atoms with van der Waals surface area (Å²) in [7, 11) is 0. The number of hydrogen-bond donors (Lipinski definition) is 0. The molecule has 0 N–H and O–H groups in total. The van der Waals surface area contributed by atoms with Crippen LogP contribution >= 0.6 is 0 Å². The molecule has 3 rings (SSSR count). The van der Waals surface area contributed by atoms with E-state index in [1.54, 1.807) is 0 Å². The molecule has 0 unspecified atom stereocenters. The first-order valence-corrected chi connectivity index (χ1v) is 8.12. The van der Waals surface area contributed by atoms with Crippen LogP contribution in [0.5, 0.6) is 11.5 Å². The van der Waals surface area contributed by atoms with E-state index in [1.807, 2.05) is 30.3 Å². The number of para-hydroxylation sites is 1. The highest BCUT2D eigenvalue weighted by Crippen LogP contribution is 2.32. The molecule has 0 saturated heterocycles. The first-order valence-electron chi connectivity index (χ1n) is 8.12. The molecule has 0 aliphatic rings. The molecule has 112 valence electrons. The van der Waals surface area contributed by atoms with Gasteiger partial charge in [-0.05, 0) is 41.8 Å². The summed E-state index contributed by atoms with van der Waals surface area (Å²) >= 11 is 0. The second kappa shape index (κ2) is 7.13. The Kier molecular flexibility index (Phi) is 4.75. The van der Waals surface area contributed by atoms with E-state index in [1.165, 1.54) is 35.6 Å². The van der Waals surface area contributed by atoms with Crippen LogP contribution < -0.4 is 4.74 Å². The molecule has 22 heavy (non-hydrogen) atoms. The van der Waals surface area contributed by atoms with Gasteiger partial charge in [0.25, 0.3) is 0 Å². The number of benzene rings is 3. The zero-order chi connectivity index (χ0) is 15.2. The van der Waals surface area contributed by atoms with Crippen molar-refractivity contribution in [2.24, 2.45) is 0 Å². The summed E-state index contributed by atoms with van der Waals surface area (Å²) in [6.07, 6.45) is 4.76. The minimum atomic E-state index is 0.898. The third kappa shape index (κ3) is 3.30. The first-order chi connectivity index (χ1) is 10.9. The Labute approximate surface area is 132 Å². The van der Waals surface area contributed by atoms with Gasteiger partial charge < -0.3 is 4.74 Å². The van der Waals surface area contributed by atoms with Crippen LogP contribution in [0.2, 0.25) is 0 Å². The molecule has 0 bridgehead atoms. The maximum Gasteiger partial charge on any atom is 0.131 e. The third-order valence-corrected chi connectivity index (χ3v) is 4.00. The van der Waals surface area contributed by atoms with Gasteiger partial charge in [-0.1, -0.05) is 68.3 Å². The molecule has 0 fully saturated rings. The van der Waals surface area contributed by atoms with Gasteiger partial charge in [-0.25, -0.2) is 0 Å². The Hall–Kier alpha value is -2.28. The van der Waals surface area contributed by atoms with Crippen LogP contribution in [0.1, 0.15) is 31.7 Å². The number of ether oxygens (including phenoxy) is 1. The highest BCUT2D eigenvalue weighted by Gasteiger charge is 2.09. The highest BCUT2D eigenvalue weighted by atomic mass is 16.5. The maximum atomic E-state index is 6.15. The minimum absolute atomic E-state index is 0.898. The summed E-state index contributed by atoms with van der Waals surface area (Å²) in [6, 6.07) is 22.9. The zero-order valence-corrected chi connectivity index (χ0v) is 13.1. The van der Waals surface area contributed by atoms with E-state index in [4.69, 9.17) is 4.74 Å². The van der Waals surface area contributed by atoms with Gasteiger partial charge in [0, 0.05) is 5.56 Å². The minimum Gasteiger partial charge on any atom is -0.457 e. The largest absolute Gasteiger partial charge is 0.457 e. The molecule has 0 radical (unpaired) electrons. The average molecular weight is 290 g/mol. The van der Waals surface area contributed by atoms with Crippen LogP contribution in [-0.2, 0) is 6.42 Å². The Balaban J connectivity index is 1.98. The second-order valence-corrected chi connectivity index (χ2v) is 5.64. The zero-order valence-electron chi connectivity index (χ0n) is 13.1. The third-order valence-electron chi connectivity index (χ3n) is 4.00. The van der Waals surface area contributed by atoms with Gasteiger partial charge in [-0.3, -0.25) is 0 Å². The van der Waals surface area contributed by atoms with Crippen LogP contribution in [0.3, 0.4) is 0 Å². The van der Waals surface area contributed by atoms with Crippen LogP contribution in [-0.4, -0.2) is 0 Å². The lowest BCUT2D eigenvalue weighted by atomic mass is 9.98. The Morgan fingerprint density at radius 3 is 2.36 bits per heavy atom. The Morgan fingerprint density at radius 2 is 1.55 bits per heavy atom. The van der Waals surface area contributed by atoms with E-state index in [9.17, 15) is 0 Å². The quantitative estimate of drug-likeness (QED) is 0.480. The molecule has 0 saturated carbocycles. The van der Waals surface area contributed by atoms with Gasteiger partial charge in [0.2, 0.25) is 0 Å². The number of fused-ring (bicyclic) bond motifs is 1. The van der Waals surface area contributed by atoms with E-state index in [-0.39, 0.29) is 0 Å². The second-order valence-electron chi connectivity index (χ2n) is 5.64. The van der Waals surface area contributed by atoms with Crippen molar-refractivity contribution in [2.45, 2.75) is 32.6 Å². The number of hydrogen-bond acceptors (Lipinski definition) is 1. The smallest absolute Gasteiger partial charge is 0.131 e. The van der Waals surface area contributed by atoms with Crippen LogP contribution in [0.15, 0.2) is 66.7 Å². The van der Waals surface area contributed by atoms with Crippen molar-refractivity contribution >= 4 is 10.8 Å². The van der Waals surface area contributed by atoms with E-state index in [0.717, 1.165) is 17.9 Å². The van der Waals surface area contributed by atoms with Crippen molar-refractivity contribution in [2.75, 3.05) is 0 Å². The molecule has 0 heterocycles. The molecule has 0 amide bonds. The van der Waals surface area contributed by atoms with Gasteiger partial charge >= 0.3 is 0 Å². The molecule has 0 atom stereocenters. The van der Waals surface area contributed by atoms with Crippen molar-refractivity contribution in [3.05, 3.63) is 72.3 Å². The molecule has 0 aromatic heterocycles. The van der Waals surface area contributed by atoms with Crippen molar-refractivity contribution in [1.29, 1.82) is 0 Å². The number of aryl methyl sites for hydroxylation is 1. The Morgan fingerprint density at radius 1 is 0.773 bits per heavy atom. The summed E-state index contributed by atoms with van der Waals surface area (Å²) in [4.78, 5) is 0. The van der Waals surface area contributed by atoms with E-state index in [2.05, 4.69) is 43.3 Å². The van der Waals surface area contributed by atoms with Gasteiger partial charge in [0.1, 0.15) is 11.5 Å². The SMILES string of the molecule is CCCCCc1c(Oc2ccccc2)ccc2ccccc12. The lowest BCUT2D eigenvalue weighted by Crippen LogP contribution is -1.94. The van der Waals surface area contributed by atoms with Gasteiger partial charge in [-0.2, -0.15) is 0 Å². The number of unbranched alkanes of at least 4 members (excludes halogenated alkanes) is 2. The van der Waals surface area contributed by atoms with Crippen molar-refractivity contribution in [3.8, 4) is 11.5 Å². The van der Waals surface area contributed by atoms with Gasteiger partial charge in [-0.15, -0.1) is 0 Å². The molecule has 3 aromatic carbocycles. The predicted octanol–water partition coefficient (Wildman–Crippen LogP) is 6.36. The first kappa shape index (κ1) is 14.6. The molecule has 0 aliphatic carbocycles. The number of rotatable bonds is 6. The fourth-order valence-electron chi connectivity index (χ4n) is 2.84. The van der Waals surface area contributed by atoms with Crippen molar-refractivity contribution < 1.29 is 4.74 Å². The fourth-order valence-corrected chi connectivity index (χ4v) is 2.84. The molecule has 1 nitrogen and oxygen atoms in total. The van der Waals surface area contributed by atoms with E-state index in [0.29, 0.717) is 0 Å². The Bertz CT molecular complexity index is 731. The van der Waals surface area contributed by atoms with Crippen LogP contribution in [0, 0.1) is 0 Å². The van der Waals surface area contributed by atoms with E-state index < -0.39 is 0 Å². The summed E-state index contributed by atoms with van der Waals surface area (Å²) in [6.45, 7) is 2.24. The molecule has 0 spiro atoms. The maximum absolute atomic E-state index is 6.15. The molecular weight excluding hydrogens is 268 g/mol. The summed E-state index contributed by atoms with van der Waals surface area (Å²) in [5, 5.41) is 2.60. The van der Waals surface area contributed by atoms with E-state index >= 15 is 0 Å². The topological polar surface area (TPSA) is 9.23 Å². The molecule has 1 heteroatoms. The van der Waals surface area contributed by atoms with Crippen LogP contribution in [0.25, 0.3) is 10.8 Å². The summed E-state index contributed by atoms with van der Waals surface area (Å²) in [5.74, 6) is 1.88. The lowest BCUT2D eigenvalue weighted by molar-refractivity contribution is 0.476. The predicted molar refractivity (Wildman–Crippen MR) is 93.7 cm³/mol. The summed E-state index contributed by atoms with van der Waals surface area (Å²) in [5.41, 5.74) is 1.33. The molecule has 3 aromatic rings. The van der Waals surface area contributed by atoms with Gasteiger partial charge in [0.15, 0.2) is 0 Å². The summed E-state index contributed by atoms with van der Waals surface area (Å²) < 4.78 is 6.15. The fraction of sp³-hybridized carbons (Fsp3) is 0.238. The lowest BCUT2D eigenvalue weighted by Gasteiger charge is -2.14. The normalized spacial score (nSPS) is 10.8. The average Bonchev–Trinajstić information content (AvgIpc) is 2.57. The molecule has 0 aliphatic heterocycles. The standard InChI is InChI=1S/C21H22O/c1-2-3-5-14-20-19-13-9-8-10-17(19)15-16-21(20)22-18-11-6-4-7-12-18/h4,6-13,15-16H,2-3,5,14H2,1H3.